The van der Waals surface area contributed by atoms with Crippen LogP contribution in [0.15, 0.2) is 11.1 Å². The van der Waals surface area contributed by atoms with Crippen molar-refractivity contribution in [3.05, 3.63) is 17.3 Å². The van der Waals surface area contributed by atoms with E-state index in [0.29, 0.717) is 29.0 Å². The maximum Gasteiger partial charge on any atom is 0.120 e. The number of anilines is 1. The quantitative estimate of drug-likeness (QED) is 0.716. The first-order chi connectivity index (χ1) is 10.2. The zero-order valence-electron chi connectivity index (χ0n) is 15.5. The van der Waals surface area contributed by atoms with Crippen LogP contribution in [-0.2, 0) is 0 Å². The second-order valence-corrected chi connectivity index (χ2v) is 8.93. The smallest absolute Gasteiger partial charge is 0.120 e. The van der Waals surface area contributed by atoms with E-state index in [0.717, 1.165) is 12.2 Å². The Morgan fingerprint density at radius 2 is 1.82 bits per heavy atom. The first kappa shape index (κ1) is 17.7. The van der Waals surface area contributed by atoms with Crippen molar-refractivity contribution in [3.63, 3.8) is 0 Å². The fraction of sp³-hybridized carbons (Fsp3) is 0.737. The Hall–Kier alpha value is -0.700. The van der Waals surface area contributed by atoms with Gasteiger partial charge in [0.05, 0.1) is 5.69 Å². The van der Waals surface area contributed by atoms with E-state index >= 15 is 0 Å². The highest BCUT2D eigenvalue weighted by Crippen LogP contribution is 2.43. The molecule has 0 fully saturated rings. The Morgan fingerprint density at radius 1 is 1.18 bits per heavy atom. The number of hydrogen-bond donors (Lipinski definition) is 0. The van der Waals surface area contributed by atoms with E-state index < -0.39 is 0 Å². The second-order valence-electron chi connectivity index (χ2n) is 7.57. The molecular formula is C19H32N2S. The maximum absolute atomic E-state index is 4.92. The van der Waals surface area contributed by atoms with Crippen LogP contribution in [-0.4, -0.2) is 22.8 Å². The number of fused-ring (bicyclic) bond motifs is 1. The normalized spacial score (nSPS) is 26.1. The van der Waals surface area contributed by atoms with Gasteiger partial charge in [0.1, 0.15) is 5.03 Å². The van der Waals surface area contributed by atoms with Gasteiger partial charge in [-0.05, 0) is 50.2 Å². The minimum absolute atomic E-state index is 0.504. The Morgan fingerprint density at radius 3 is 2.36 bits per heavy atom. The molecule has 0 saturated carbocycles. The Kier molecular flexibility index (Phi) is 5.47. The molecule has 0 N–H and O–H groups in total. The van der Waals surface area contributed by atoms with Gasteiger partial charge in [-0.3, -0.25) is 0 Å². The topological polar surface area (TPSA) is 16.1 Å². The molecule has 3 heteroatoms. The first-order valence-corrected chi connectivity index (χ1v) is 9.55. The third-order valence-corrected chi connectivity index (χ3v) is 6.38. The molecule has 1 aliphatic rings. The van der Waals surface area contributed by atoms with Gasteiger partial charge in [0.2, 0.25) is 0 Å². The Balaban J connectivity index is 2.64. The number of rotatable bonds is 2. The molecule has 22 heavy (non-hydrogen) atoms. The second kappa shape index (κ2) is 6.82. The molecule has 0 aromatic carbocycles. The van der Waals surface area contributed by atoms with Gasteiger partial charge in [-0.1, -0.05) is 34.6 Å². The van der Waals surface area contributed by atoms with E-state index in [1.54, 1.807) is 0 Å². The van der Waals surface area contributed by atoms with Crippen LogP contribution in [0.5, 0.6) is 0 Å². The van der Waals surface area contributed by atoms with Gasteiger partial charge in [-0.25, -0.2) is 4.98 Å². The van der Waals surface area contributed by atoms with Crippen LogP contribution in [0.2, 0.25) is 0 Å². The van der Waals surface area contributed by atoms with Gasteiger partial charge >= 0.3 is 0 Å². The van der Waals surface area contributed by atoms with Crippen LogP contribution < -0.4 is 4.90 Å². The van der Waals surface area contributed by atoms with Crippen LogP contribution in [0.4, 0.5) is 5.69 Å². The van der Waals surface area contributed by atoms with Crippen LogP contribution in [0.1, 0.15) is 65.6 Å². The molecule has 0 radical (unpaired) electrons. The minimum Gasteiger partial charge on any atom is -0.366 e. The van der Waals surface area contributed by atoms with Gasteiger partial charge in [-0.2, -0.15) is 0 Å². The molecule has 124 valence electrons. The molecule has 2 heterocycles. The van der Waals surface area contributed by atoms with Crippen LogP contribution in [0.3, 0.4) is 0 Å². The highest BCUT2D eigenvalue weighted by atomic mass is 32.2. The highest BCUT2D eigenvalue weighted by Gasteiger charge is 2.31. The van der Waals surface area contributed by atoms with Crippen molar-refractivity contribution in [2.75, 3.05) is 11.4 Å². The average Bonchev–Trinajstić information content (AvgIpc) is 2.42. The standard InChI is InChI=1S/C19H32N2S/c1-11(2)17-9-14(6)20-19-18(17)21(12(3)4)10-13(5)15(7)16(8)22-19/h9,11-13,15-16H,10H2,1-8H3/t13-,15-,16-/m0/s1. The van der Waals surface area contributed by atoms with Crippen molar-refractivity contribution in [2.45, 2.75) is 77.6 Å². The number of pyridine rings is 1. The summed E-state index contributed by atoms with van der Waals surface area (Å²) < 4.78 is 0. The van der Waals surface area contributed by atoms with E-state index in [-0.39, 0.29) is 0 Å². The van der Waals surface area contributed by atoms with Crippen molar-refractivity contribution >= 4 is 17.4 Å². The molecular weight excluding hydrogens is 288 g/mol. The fourth-order valence-corrected chi connectivity index (χ4v) is 4.63. The van der Waals surface area contributed by atoms with Crippen molar-refractivity contribution in [3.8, 4) is 0 Å². The number of aryl methyl sites for hydroxylation is 1. The Labute approximate surface area is 141 Å². The van der Waals surface area contributed by atoms with Crippen molar-refractivity contribution < 1.29 is 0 Å². The van der Waals surface area contributed by atoms with Crippen molar-refractivity contribution in [1.29, 1.82) is 0 Å². The third-order valence-electron chi connectivity index (χ3n) is 5.07. The summed E-state index contributed by atoms with van der Waals surface area (Å²) in [6, 6.07) is 2.80. The minimum atomic E-state index is 0.504. The number of aromatic nitrogens is 1. The fourth-order valence-electron chi connectivity index (χ4n) is 3.26. The number of hydrogen-bond acceptors (Lipinski definition) is 3. The molecule has 1 aromatic heterocycles. The summed E-state index contributed by atoms with van der Waals surface area (Å²) in [5, 5.41) is 1.85. The predicted octanol–water partition coefficient (Wildman–Crippen LogP) is 5.49. The van der Waals surface area contributed by atoms with Gasteiger partial charge in [0, 0.05) is 23.5 Å². The van der Waals surface area contributed by atoms with E-state index in [9.17, 15) is 0 Å². The summed E-state index contributed by atoms with van der Waals surface area (Å²) in [5.41, 5.74) is 4.00. The zero-order valence-corrected chi connectivity index (χ0v) is 16.3. The summed E-state index contributed by atoms with van der Waals surface area (Å²) in [6.07, 6.45) is 0. The Bertz CT molecular complexity index is 524. The van der Waals surface area contributed by atoms with Crippen LogP contribution >= 0.6 is 11.8 Å². The van der Waals surface area contributed by atoms with Gasteiger partial charge in [-0.15, -0.1) is 11.8 Å². The molecule has 2 rings (SSSR count). The lowest BCUT2D eigenvalue weighted by Gasteiger charge is -2.40. The van der Waals surface area contributed by atoms with Crippen molar-refractivity contribution in [1.82, 2.24) is 4.98 Å². The summed E-state index contributed by atoms with van der Waals surface area (Å²) in [4.78, 5) is 7.52. The average molecular weight is 321 g/mol. The van der Waals surface area contributed by atoms with Gasteiger partial charge in [0.15, 0.2) is 0 Å². The highest BCUT2D eigenvalue weighted by molar-refractivity contribution is 8.00. The molecule has 1 aromatic rings. The van der Waals surface area contributed by atoms with E-state index in [2.05, 4.69) is 66.4 Å². The molecule has 1 aliphatic heterocycles. The number of thioether (sulfide) groups is 1. The zero-order chi connectivity index (χ0) is 16.6. The molecule has 0 unspecified atom stereocenters. The summed E-state index contributed by atoms with van der Waals surface area (Å²) >= 11 is 1.97. The largest absolute Gasteiger partial charge is 0.366 e. The molecule has 0 bridgehead atoms. The van der Waals surface area contributed by atoms with Crippen LogP contribution in [0, 0.1) is 18.8 Å². The SMILES string of the molecule is Cc1cc(C(C)C)c2c(n1)S[C@@H](C)[C@@H](C)[C@@H](C)CN2C(C)C. The predicted molar refractivity (Wildman–Crippen MR) is 99.2 cm³/mol. The van der Waals surface area contributed by atoms with E-state index in [1.165, 1.54) is 16.3 Å². The third kappa shape index (κ3) is 3.45. The monoisotopic (exact) mass is 320 g/mol. The summed E-state index contributed by atoms with van der Waals surface area (Å²) in [7, 11) is 0. The molecule has 2 nitrogen and oxygen atoms in total. The first-order valence-electron chi connectivity index (χ1n) is 8.67. The molecule has 3 atom stereocenters. The van der Waals surface area contributed by atoms with Gasteiger partial charge in [0.25, 0.3) is 0 Å². The lowest BCUT2D eigenvalue weighted by Crippen LogP contribution is -2.40. The molecule has 0 spiro atoms. The summed E-state index contributed by atoms with van der Waals surface area (Å²) in [6.45, 7) is 19.6. The lowest BCUT2D eigenvalue weighted by molar-refractivity contribution is 0.373. The lowest BCUT2D eigenvalue weighted by atomic mass is 9.91. The van der Waals surface area contributed by atoms with Gasteiger partial charge < -0.3 is 4.90 Å². The maximum atomic E-state index is 4.92. The van der Waals surface area contributed by atoms with E-state index in [1.807, 2.05) is 11.8 Å². The van der Waals surface area contributed by atoms with Crippen molar-refractivity contribution in [2.24, 2.45) is 11.8 Å². The molecule has 0 saturated heterocycles. The van der Waals surface area contributed by atoms with Crippen LogP contribution in [0.25, 0.3) is 0 Å². The van der Waals surface area contributed by atoms with E-state index in [4.69, 9.17) is 4.98 Å². The number of nitrogens with zero attached hydrogens (tertiary/aromatic N) is 2. The molecule has 0 amide bonds. The molecule has 0 aliphatic carbocycles. The summed E-state index contributed by atoms with van der Waals surface area (Å²) in [5.74, 6) is 1.92.